The molecule has 16 heavy (non-hydrogen) atoms. The molecule has 84 valence electrons. The summed E-state index contributed by atoms with van der Waals surface area (Å²) < 4.78 is 0. The molecule has 6 nitrogen and oxygen atoms in total. The smallest absolute Gasteiger partial charge is 0.246 e. The summed E-state index contributed by atoms with van der Waals surface area (Å²) in [5, 5.41) is 2.61. The number of piperazine rings is 1. The minimum atomic E-state index is -0.368. The summed E-state index contributed by atoms with van der Waals surface area (Å²) in [4.78, 5) is 27.8. The number of halogens is 1. The molecular weight excluding hydrogens is 232 g/mol. The van der Waals surface area contributed by atoms with Gasteiger partial charge in [-0.05, 0) is 6.07 Å². The van der Waals surface area contributed by atoms with Gasteiger partial charge in [-0.1, -0.05) is 11.6 Å². The number of carbonyl (C=O) groups is 2. The molecule has 1 aliphatic heterocycles. The molecule has 2 amide bonds. The summed E-state index contributed by atoms with van der Waals surface area (Å²) in [6, 6.07) is 1.53. The zero-order valence-corrected chi connectivity index (χ0v) is 8.99. The first-order chi connectivity index (χ1) is 7.56. The van der Waals surface area contributed by atoms with E-state index in [2.05, 4.69) is 10.3 Å². The molecule has 1 aliphatic rings. The summed E-state index contributed by atoms with van der Waals surface area (Å²) in [6.07, 6.45) is 1.42. The number of imide groups is 1. The highest BCUT2D eigenvalue weighted by Crippen LogP contribution is 2.23. The number of pyridine rings is 1. The second kappa shape index (κ2) is 3.97. The normalized spacial score (nSPS) is 16.2. The molecule has 0 saturated carbocycles. The molecule has 2 heterocycles. The predicted molar refractivity (Wildman–Crippen MR) is 59.0 cm³/mol. The van der Waals surface area contributed by atoms with Gasteiger partial charge in [-0.2, -0.15) is 0 Å². The molecule has 0 spiro atoms. The number of nitrogen functional groups attached to an aromatic ring is 1. The lowest BCUT2D eigenvalue weighted by atomic mass is 10.3. The molecule has 0 atom stereocenters. The number of anilines is 2. The highest BCUT2D eigenvalue weighted by Gasteiger charge is 2.24. The van der Waals surface area contributed by atoms with Crippen LogP contribution in [0.5, 0.6) is 0 Å². The van der Waals surface area contributed by atoms with E-state index in [9.17, 15) is 9.59 Å². The SMILES string of the molecule is Nc1cc(Cl)cnc1N1CC(=O)NC(=O)C1. The van der Waals surface area contributed by atoms with Crippen LogP contribution in [0.25, 0.3) is 0 Å². The molecule has 3 N–H and O–H groups in total. The lowest BCUT2D eigenvalue weighted by molar-refractivity contribution is -0.130. The second-order valence-corrected chi connectivity index (χ2v) is 3.83. The third-order valence-corrected chi connectivity index (χ3v) is 2.32. The quantitative estimate of drug-likeness (QED) is 0.663. The van der Waals surface area contributed by atoms with Crippen molar-refractivity contribution in [1.82, 2.24) is 10.3 Å². The lowest BCUT2D eigenvalue weighted by Gasteiger charge is -2.27. The van der Waals surface area contributed by atoms with Crippen LogP contribution in [-0.4, -0.2) is 29.9 Å². The zero-order valence-electron chi connectivity index (χ0n) is 8.24. The number of hydrogen-bond donors (Lipinski definition) is 2. The molecule has 0 radical (unpaired) electrons. The minimum Gasteiger partial charge on any atom is -0.396 e. The molecule has 0 aromatic carbocycles. The molecule has 7 heteroatoms. The van der Waals surface area contributed by atoms with E-state index < -0.39 is 0 Å². The van der Waals surface area contributed by atoms with Gasteiger partial charge in [0.2, 0.25) is 11.8 Å². The van der Waals surface area contributed by atoms with Gasteiger partial charge in [0.25, 0.3) is 0 Å². The van der Waals surface area contributed by atoms with Crippen molar-refractivity contribution in [2.45, 2.75) is 0 Å². The fourth-order valence-electron chi connectivity index (χ4n) is 1.50. The number of rotatable bonds is 1. The second-order valence-electron chi connectivity index (χ2n) is 3.39. The Morgan fingerprint density at radius 3 is 2.56 bits per heavy atom. The van der Waals surface area contributed by atoms with Crippen LogP contribution >= 0.6 is 11.6 Å². The largest absolute Gasteiger partial charge is 0.396 e. The van der Waals surface area contributed by atoms with Crippen LogP contribution in [0, 0.1) is 0 Å². The number of aromatic nitrogens is 1. The standard InChI is InChI=1S/C9H9ClN4O2/c10-5-1-6(11)9(12-2-5)14-3-7(15)13-8(16)4-14/h1-2H,3-4,11H2,(H,13,15,16). The van der Waals surface area contributed by atoms with Crippen LogP contribution in [0.1, 0.15) is 0 Å². The monoisotopic (exact) mass is 240 g/mol. The Bertz CT molecular complexity index is 447. The third-order valence-electron chi connectivity index (χ3n) is 2.11. The average molecular weight is 241 g/mol. The minimum absolute atomic E-state index is 0.0601. The van der Waals surface area contributed by atoms with Crippen molar-refractivity contribution >= 4 is 34.9 Å². The van der Waals surface area contributed by atoms with Crippen molar-refractivity contribution < 1.29 is 9.59 Å². The van der Waals surface area contributed by atoms with Gasteiger partial charge in [-0.3, -0.25) is 14.9 Å². The number of nitrogens with zero attached hydrogens (tertiary/aromatic N) is 2. The summed E-state index contributed by atoms with van der Waals surface area (Å²) in [7, 11) is 0. The molecule has 2 rings (SSSR count). The van der Waals surface area contributed by atoms with Crippen molar-refractivity contribution in [3.05, 3.63) is 17.3 Å². The molecule has 0 aliphatic carbocycles. The van der Waals surface area contributed by atoms with E-state index in [0.717, 1.165) is 0 Å². The number of carbonyl (C=O) groups excluding carboxylic acids is 2. The Hall–Kier alpha value is -1.82. The van der Waals surface area contributed by atoms with E-state index in [-0.39, 0.29) is 24.9 Å². The van der Waals surface area contributed by atoms with Gasteiger partial charge in [0.1, 0.15) is 0 Å². The maximum atomic E-state index is 11.2. The molecule has 0 unspecified atom stereocenters. The van der Waals surface area contributed by atoms with E-state index in [1.54, 1.807) is 0 Å². The molecule has 1 saturated heterocycles. The maximum Gasteiger partial charge on any atom is 0.246 e. The maximum absolute atomic E-state index is 11.2. The topological polar surface area (TPSA) is 88.3 Å². The van der Waals surface area contributed by atoms with E-state index in [4.69, 9.17) is 17.3 Å². The third kappa shape index (κ3) is 2.06. The van der Waals surface area contributed by atoms with Crippen LogP contribution in [0.2, 0.25) is 5.02 Å². The molecule has 1 aromatic heterocycles. The summed E-state index contributed by atoms with van der Waals surface area (Å²) in [6.45, 7) is 0.120. The highest BCUT2D eigenvalue weighted by molar-refractivity contribution is 6.30. The number of hydrogen-bond acceptors (Lipinski definition) is 5. The summed E-state index contributed by atoms with van der Waals surface area (Å²) in [5.41, 5.74) is 6.05. The van der Waals surface area contributed by atoms with Crippen molar-refractivity contribution in [2.75, 3.05) is 23.7 Å². The van der Waals surface area contributed by atoms with E-state index in [0.29, 0.717) is 16.5 Å². The Labute approximate surface area is 96.4 Å². The van der Waals surface area contributed by atoms with Crippen molar-refractivity contribution in [3.63, 3.8) is 0 Å². The fourth-order valence-corrected chi connectivity index (χ4v) is 1.67. The van der Waals surface area contributed by atoms with Gasteiger partial charge >= 0.3 is 0 Å². The van der Waals surface area contributed by atoms with Gasteiger partial charge < -0.3 is 10.6 Å². The first kappa shape index (κ1) is 10.7. The Morgan fingerprint density at radius 1 is 1.38 bits per heavy atom. The van der Waals surface area contributed by atoms with Crippen LogP contribution in [0.15, 0.2) is 12.3 Å². The van der Waals surface area contributed by atoms with Crippen molar-refractivity contribution in [2.24, 2.45) is 0 Å². The molecule has 1 fully saturated rings. The molecule has 1 aromatic rings. The van der Waals surface area contributed by atoms with Gasteiger partial charge in [-0.25, -0.2) is 4.98 Å². The van der Waals surface area contributed by atoms with Gasteiger partial charge in [0.05, 0.1) is 23.8 Å². The molecular formula is C9H9ClN4O2. The van der Waals surface area contributed by atoms with Crippen LogP contribution in [-0.2, 0) is 9.59 Å². The highest BCUT2D eigenvalue weighted by atomic mass is 35.5. The average Bonchev–Trinajstić information content (AvgIpc) is 2.15. The van der Waals surface area contributed by atoms with E-state index in [1.807, 2.05) is 0 Å². The number of amides is 2. The Kier molecular flexibility index (Phi) is 2.66. The van der Waals surface area contributed by atoms with Crippen LogP contribution in [0.4, 0.5) is 11.5 Å². The van der Waals surface area contributed by atoms with Gasteiger partial charge in [0, 0.05) is 6.20 Å². The zero-order chi connectivity index (χ0) is 11.7. The Morgan fingerprint density at radius 2 is 2.00 bits per heavy atom. The van der Waals surface area contributed by atoms with E-state index >= 15 is 0 Å². The lowest BCUT2D eigenvalue weighted by Crippen LogP contribution is -2.51. The van der Waals surface area contributed by atoms with Gasteiger partial charge in [-0.15, -0.1) is 0 Å². The first-order valence-electron chi connectivity index (χ1n) is 4.55. The Balaban J connectivity index is 2.29. The first-order valence-corrected chi connectivity index (χ1v) is 4.92. The fraction of sp³-hybridized carbons (Fsp3) is 0.222. The van der Waals surface area contributed by atoms with E-state index in [1.165, 1.54) is 17.2 Å². The predicted octanol–water partition coefficient (Wildman–Crippen LogP) is -0.220. The number of nitrogens with two attached hydrogens (primary N) is 1. The number of nitrogens with one attached hydrogen (secondary N) is 1. The molecule has 0 bridgehead atoms. The van der Waals surface area contributed by atoms with Crippen molar-refractivity contribution in [3.8, 4) is 0 Å². The van der Waals surface area contributed by atoms with Gasteiger partial charge in [0.15, 0.2) is 5.82 Å². The summed E-state index contributed by atoms with van der Waals surface area (Å²) >= 11 is 5.71. The summed E-state index contributed by atoms with van der Waals surface area (Å²) in [5.74, 6) is -0.340. The van der Waals surface area contributed by atoms with Crippen LogP contribution in [0.3, 0.4) is 0 Å². The van der Waals surface area contributed by atoms with Crippen molar-refractivity contribution in [1.29, 1.82) is 0 Å². The van der Waals surface area contributed by atoms with Crippen LogP contribution < -0.4 is 16.0 Å².